The molecule has 4 aromatic rings. The van der Waals surface area contributed by atoms with E-state index in [0.29, 0.717) is 23.6 Å². The number of fused-ring (bicyclic) bond motifs is 1. The first kappa shape index (κ1) is 23.8. The van der Waals surface area contributed by atoms with E-state index in [4.69, 9.17) is 0 Å². The van der Waals surface area contributed by atoms with Crippen LogP contribution in [0.15, 0.2) is 36.9 Å². The van der Waals surface area contributed by atoms with E-state index in [2.05, 4.69) is 39.2 Å². The number of hydrogen-bond donors (Lipinski definition) is 1. The molecule has 7 nitrogen and oxygen atoms in total. The van der Waals surface area contributed by atoms with Crippen molar-refractivity contribution < 1.29 is 18.0 Å². The maximum Gasteiger partial charge on any atom is 0.451 e. The van der Waals surface area contributed by atoms with Gasteiger partial charge >= 0.3 is 6.18 Å². The van der Waals surface area contributed by atoms with Gasteiger partial charge in [-0.15, -0.1) is 11.3 Å². The molecule has 178 valence electrons. The highest BCUT2D eigenvalue weighted by Gasteiger charge is 2.34. The van der Waals surface area contributed by atoms with E-state index in [1.165, 1.54) is 11.3 Å². The van der Waals surface area contributed by atoms with E-state index in [1.54, 1.807) is 31.5 Å². The molecule has 1 atom stereocenters. The van der Waals surface area contributed by atoms with Gasteiger partial charge in [-0.3, -0.25) is 9.48 Å². The van der Waals surface area contributed by atoms with Crippen LogP contribution in [0.5, 0.6) is 0 Å². The fraction of sp³-hybridized carbons (Fsp3) is 0.348. The van der Waals surface area contributed by atoms with E-state index >= 15 is 0 Å². The molecule has 1 amide bonds. The number of carbonyl (C=O) groups excluding carboxylic acids is 1. The largest absolute Gasteiger partial charge is 0.451 e. The summed E-state index contributed by atoms with van der Waals surface area (Å²) in [6.45, 7) is 8.48. The third kappa shape index (κ3) is 4.93. The van der Waals surface area contributed by atoms with E-state index in [-0.39, 0.29) is 5.91 Å². The monoisotopic (exact) mass is 488 g/mol. The van der Waals surface area contributed by atoms with Crippen LogP contribution in [-0.2, 0) is 12.7 Å². The van der Waals surface area contributed by atoms with Gasteiger partial charge in [0.15, 0.2) is 0 Å². The number of aryl methyl sites for hydroxylation is 1. The first-order valence-electron chi connectivity index (χ1n) is 10.6. The second-order valence-electron chi connectivity index (χ2n) is 8.49. The SMILES string of the molecule is Cc1cnc(-c2cc(C(=O)N[C@H](C)c3cnc(C(F)(F)F)nc3)cc3c2cnn3CC(C)C)s1. The van der Waals surface area contributed by atoms with Gasteiger partial charge in [-0.2, -0.15) is 18.3 Å². The molecule has 34 heavy (non-hydrogen) atoms. The van der Waals surface area contributed by atoms with Gasteiger partial charge in [0.05, 0.1) is 17.8 Å². The number of hydrogen-bond acceptors (Lipinski definition) is 6. The minimum absolute atomic E-state index is 0.353. The van der Waals surface area contributed by atoms with Gasteiger partial charge in [-0.05, 0) is 31.9 Å². The van der Waals surface area contributed by atoms with Crippen LogP contribution in [0.1, 0.15) is 53.4 Å². The van der Waals surface area contributed by atoms with E-state index in [1.807, 2.05) is 11.6 Å². The fourth-order valence-electron chi connectivity index (χ4n) is 3.53. The van der Waals surface area contributed by atoms with E-state index < -0.39 is 18.0 Å². The van der Waals surface area contributed by atoms with E-state index in [0.717, 1.165) is 38.7 Å². The van der Waals surface area contributed by atoms with Gasteiger partial charge in [-0.1, -0.05) is 13.8 Å². The van der Waals surface area contributed by atoms with Crippen molar-refractivity contribution in [3.8, 4) is 10.6 Å². The molecular weight excluding hydrogens is 465 g/mol. The lowest BCUT2D eigenvalue weighted by atomic mass is 10.0. The van der Waals surface area contributed by atoms with Crippen molar-refractivity contribution in [2.75, 3.05) is 0 Å². The Morgan fingerprint density at radius 3 is 2.38 bits per heavy atom. The maximum atomic E-state index is 13.2. The Kier molecular flexibility index (Phi) is 6.39. The molecule has 0 fully saturated rings. The number of halogens is 3. The van der Waals surface area contributed by atoms with Gasteiger partial charge in [0.1, 0.15) is 5.01 Å². The molecule has 0 aliphatic rings. The van der Waals surface area contributed by atoms with Crippen LogP contribution >= 0.6 is 11.3 Å². The van der Waals surface area contributed by atoms with Crippen LogP contribution in [0.4, 0.5) is 13.2 Å². The molecule has 0 bridgehead atoms. The second kappa shape index (κ2) is 9.13. The highest BCUT2D eigenvalue weighted by molar-refractivity contribution is 7.15. The third-order valence-corrected chi connectivity index (χ3v) is 6.13. The Morgan fingerprint density at radius 2 is 1.79 bits per heavy atom. The number of thiazole rings is 1. The first-order chi connectivity index (χ1) is 16.0. The summed E-state index contributed by atoms with van der Waals surface area (Å²) < 4.78 is 40.1. The number of rotatable bonds is 6. The Balaban J connectivity index is 1.68. The van der Waals surface area contributed by atoms with Crippen molar-refractivity contribution in [2.45, 2.75) is 46.5 Å². The molecule has 0 aliphatic carbocycles. The third-order valence-electron chi connectivity index (χ3n) is 5.19. The number of nitrogens with one attached hydrogen (secondary N) is 1. The molecule has 0 radical (unpaired) electrons. The standard InChI is InChI=1S/C23H23F3N6OS/c1-12(2)11-32-19-6-15(5-17(18(19)10-30-32)21-27-7-13(3)34-21)20(33)31-14(4)16-8-28-22(29-9-16)23(24,25)26/h5-10,12,14H,11H2,1-4H3,(H,31,33)/t14-/m1/s1. The summed E-state index contributed by atoms with van der Waals surface area (Å²) in [7, 11) is 0. The predicted molar refractivity (Wildman–Crippen MR) is 123 cm³/mol. The van der Waals surface area contributed by atoms with Crippen molar-refractivity contribution in [3.63, 3.8) is 0 Å². The average molecular weight is 489 g/mol. The highest BCUT2D eigenvalue weighted by atomic mass is 32.1. The lowest BCUT2D eigenvalue weighted by Gasteiger charge is -2.15. The molecule has 1 aromatic carbocycles. The quantitative estimate of drug-likeness (QED) is 0.392. The topological polar surface area (TPSA) is 85.6 Å². The molecular formula is C23H23F3N6OS. The molecule has 11 heteroatoms. The normalized spacial score (nSPS) is 12.9. The van der Waals surface area contributed by atoms with E-state index in [9.17, 15) is 18.0 Å². The molecule has 1 N–H and O–H groups in total. The Morgan fingerprint density at radius 1 is 1.09 bits per heavy atom. The van der Waals surface area contributed by atoms with Gasteiger partial charge in [0.25, 0.3) is 5.91 Å². The zero-order valence-corrected chi connectivity index (χ0v) is 19.8. The summed E-state index contributed by atoms with van der Waals surface area (Å²) in [5.41, 5.74) is 2.39. The van der Waals surface area contributed by atoms with Crippen LogP contribution in [0.3, 0.4) is 0 Å². The van der Waals surface area contributed by atoms with Gasteiger partial charge in [0.2, 0.25) is 5.82 Å². The second-order valence-corrected chi connectivity index (χ2v) is 9.72. The summed E-state index contributed by atoms with van der Waals surface area (Å²) >= 11 is 1.53. The van der Waals surface area contributed by atoms with Gasteiger partial charge in [0, 0.05) is 52.1 Å². The number of carbonyl (C=O) groups is 1. The summed E-state index contributed by atoms with van der Waals surface area (Å²) in [6, 6.07) is 2.95. The number of amides is 1. The Bertz CT molecular complexity index is 1330. The minimum Gasteiger partial charge on any atom is -0.345 e. The summed E-state index contributed by atoms with van der Waals surface area (Å²) in [5, 5.41) is 9.03. The highest BCUT2D eigenvalue weighted by Crippen LogP contribution is 2.33. The van der Waals surface area contributed by atoms with Crippen LogP contribution in [0, 0.1) is 12.8 Å². The smallest absolute Gasteiger partial charge is 0.345 e. The van der Waals surface area contributed by atoms with Gasteiger partial charge in [-0.25, -0.2) is 15.0 Å². The van der Waals surface area contributed by atoms with Crippen molar-refractivity contribution in [2.24, 2.45) is 5.92 Å². The van der Waals surface area contributed by atoms with Crippen LogP contribution < -0.4 is 5.32 Å². The van der Waals surface area contributed by atoms with Crippen molar-refractivity contribution in [1.82, 2.24) is 30.0 Å². The summed E-state index contributed by atoms with van der Waals surface area (Å²) in [4.78, 5) is 25.4. The molecule has 3 heterocycles. The average Bonchev–Trinajstić information content (AvgIpc) is 3.38. The zero-order chi connectivity index (χ0) is 24.6. The van der Waals surface area contributed by atoms with Gasteiger partial charge < -0.3 is 5.32 Å². The van der Waals surface area contributed by atoms with Crippen LogP contribution in [-0.4, -0.2) is 30.6 Å². The summed E-state index contributed by atoms with van der Waals surface area (Å²) in [5.74, 6) is -1.24. The molecule has 0 saturated carbocycles. The Labute approximate surface area is 198 Å². The van der Waals surface area contributed by atoms with Crippen molar-refractivity contribution in [1.29, 1.82) is 0 Å². The number of alkyl halides is 3. The van der Waals surface area contributed by atoms with Crippen molar-refractivity contribution in [3.05, 3.63) is 58.7 Å². The minimum atomic E-state index is -4.62. The maximum absolute atomic E-state index is 13.2. The molecule has 0 aliphatic heterocycles. The molecule has 0 spiro atoms. The number of nitrogens with zero attached hydrogens (tertiary/aromatic N) is 5. The number of benzene rings is 1. The molecule has 4 rings (SSSR count). The molecule has 3 aromatic heterocycles. The fourth-order valence-corrected chi connectivity index (χ4v) is 4.32. The first-order valence-corrected chi connectivity index (χ1v) is 11.5. The van der Waals surface area contributed by atoms with Crippen LogP contribution in [0.25, 0.3) is 21.5 Å². The zero-order valence-electron chi connectivity index (χ0n) is 19.0. The summed E-state index contributed by atoms with van der Waals surface area (Å²) in [6.07, 6.45) is 1.10. The lowest BCUT2D eigenvalue weighted by molar-refractivity contribution is -0.145. The number of aromatic nitrogens is 5. The van der Waals surface area contributed by atoms with Crippen molar-refractivity contribution >= 4 is 28.1 Å². The van der Waals surface area contributed by atoms with Crippen LogP contribution in [0.2, 0.25) is 0 Å². The predicted octanol–water partition coefficient (Wildman–Crippen LogP) is 5.42. The lowest BCUT2D eigenvalue weighted by Crippen LogP contribution is -2.27. The molecule has 0 unspecified atom stereocenters. The Hall–Kier alpha value is -3.34. The molecule has 0 saturated heterocycles.